The van der Waals surface area contributed by atoms with E-state index < -0.39 is 52.6 Å². The molecule has 2 aromatic heterocycles. The summed E-state index contributed by atoms with van der Waals surface area (Å²) in [5, 5.41) is 16.4. The Morgan fingerprint density at radius 2 is 1.48 bits per heavy atom. The monoisotopic (exact) mass is 1480 g/mol. The number of anilines is 1. The van der Waals surface area contributed by atoms with Gasteiger partial charge < -0.3 is 35.5 Å². The van der Waals surface area contributed by atoms with Crippen molar-refractivity contribution in [2.45, 2.75) is 201 Å². The van der Waals surface area contributed by atoms with Crippen molar-refractivity contribution >= 4 is 70.9 Å². The molecule has 3 aliphatic heterocycles. The van der Waals surface area contributed by atoms with Gasteiger partial charge in [0, 0.05) is 87.2 Å². The molecule has 0 bridgehead atoms. The summed E-state index contributed by atoms with van der Waals surface area (Å²) in [5.41, 5.74) is 18.9. The first-order valence-electron chi connectivity index (χ1n) is 32.9. The number of nitrogens with two attached hydrogens (primary N) is 2. The van der Waals surface area contributed by atoms with Gasteiger partial charge in [-0.2, -0.15) is 18.7 Å². The number of pyridine rings is 1. The van der Waals surface area contributed by atoms with E-state index in [4.69, 9.17) is 36.9 Å². The SMILES string of the molecule is C#CCCOC(C)(C)c1ncc(-c2cc(CC(=O)c3cccc(C(F)(F)F)c3)ccc2C)cc1N1CCOCC1.CC(C)(C)NC(=O)CCCCCn1cc(CCOC(C)(C)C)nn1.CC(C)(NC(=O)CCCCCN)c1cccc2c1C(=O)N(C1CCC(=O)NC1=O)C2=O.I.N=[NH2+]. The van der Waals surface area contributed by atoms with E-state index in [1.807, 2.05) is 91.4 Å². The molecule has 0 radical (unpaired) electrons. The van der Waals surface area contributed by atoms with Crippen LogP contribution in [0.15, 0.2) is 79.1 Å². The number of ketones is 1. The molecular formula is C72H99F3IN12O10+. The largest absolute Gasteiger partial charge is 0.416 e. The van der Waals surface area contributed by atoms with Gasteiger partial charge in [0.1, 0.15) is 11.6 Å². The number of ether oxygens (including phenoxy) is 3. The summed E-state index contributed by atoms with van der Waals surface area (Å²) >= 11 is 0. The Hall–Kier alpha value is -7.84. The average Bonchev–Trinajstić information content (AvgIpc) is 1.56. The molecule has 26 heteroatoms. The fraction of sp³-hybridized carbons (Fsp3) is 0.528. The number of halogens is 4. The number of alkyl halides is 3. The lowest BCUT2D eigenvalue weighted by Crippen LogP contribution is -2.54. The zero-order valence-corrected chi connectivity index (χ0v) is 60.8. The number of benzene rings is 3. The molecule has 98 heavy (non-hydrogen) atoms. The van der Waals surface area contributed by atoms with E-state index in [1.54, 1.807) is 32.2 Å². The van der Waals surface area contributed by atoms with Crippen LogP contribution in [0.1, 0.15) is 205 Å². The van der Waals surface area contributed by atoms with Gasteiger partial charge in [-0.3, -0.25) is 53.4 Å². The number of amides is 6. The molecule has 6 amide bonds. The number of nitrogens with zero attached hydrogens (tertiary/aromatic N) is 6. The van der Waals surface area contributed by atoms with Crippen LogP contribution in [0.2, 0.25) is 0 Å². The van der Waals surface area contributed by atoms with E-state index >= 15 is 0 Å². The molecule has 5 aromatic rings. The van der Waals surface area contributed by atoms with E-state index in [1.165, 1.54) is 18.2 Å². The first-order chi connectivity index (χ1) is 45.7. The number of imide groups is 2. The Balaban J connectivity index is 0.000000317. The second kappa shape index (κ2) is 37.9. The number of aromatic nitrogens is 4. The van der Waals surface area contributed by atoms with Crippen LogP contribution >= 0.6 is 24.0 Å². The summed E-state index contributed by atoms with van der Waals surface area (Å²) in [7, 11) is 0. The number of unbranched alkanes of at least 4 members (excludes halogenated alkanes) is 4. The molecule has 0 saturated carbocycles. The molecule has 2 fully saturated rings. The highest BCUT2D eigenvalue weighted by Gasteiger charge is 2.47. The highest BCUT2D eigenvalue weighted by atomic mass is 127. The van der Waals surface area contributed by atoms with Crippen molar-refractivity contribution in [2.24, 2.45) is 5.73 Å². The number of piperidine rings is 1. The lowest BCUT2D eigenvalue weighted by Gasteiger charge is -2.34. The maximum Gasteiger partial charge on any atom is 0.416 e. The van der Waals surface area contributed by atoms with Crippen LogP contribution in [0.5, 0.6) is 0 Å². The molecule has 534 valence electrons. The van der Waals surface area contributed by atoms with E-state index in [-0.39, 0.29) is 88.7 Å². The van der Waals surface area contributed by atoms with Gasteiger partial charge in [0.05, 0.1) is 71.3 Å². The van der Waals surface area contributed by atoms with Gasteiger partial charge in [0.15, 0.2) is 5.78 Å². The Morgan fingerprint density at radius 1 is 0.816 bits per heavy atom. The minimum atomic E-state index is -4.51. The summed E-state index contributed by atoms with van der Waals surface area (Å²) in [6.45, 7) is 26.7. The van der Waals surface area contributed by atoms with Gasteiger partial charge in [0.2, 0.25) is 23.6 Å². The van der Waals surface area contributed by atoms with E-state index in [0.717, 1.165) is 95.9 Å². The van der Waals surface area contributed by atoms with E-state index in [2.05, 4.69) is 48.7 Å². The number of carbonyl (C=O) groups excluding carboxylic acids is 7. The lowest BCUT2D eigenvalue weighted by atomic mass is 9.87. The molecule has 0 aliphatic carbocycles. The minimum Gasteiger partial charge on any atom is -0.378 e. The lowest BCUT2D eigenvalue weighted by molar-refractivity contribution is -0.249. The van der Waals surface area contributed by atoms with Gasteiger partial charge >= 0.3 is 6.18 Å². The summed E-state index contributed by atoms with van der Waals surface area (Å²) in [4.78, 5) is 95.0. The number of Topliss-reactive ketones (excluding diaryl/α,β-unsaturated/α-hetero) is 1. The molecule has 0 spiro atoms. The number of rotatable bonds is 26. The quantitative estimate of drug-likeness (QED) is 0.00749. The number of terminal acetylenes is 1. The summed E-state index contributed by atoms with van der Waals surface area (Å²) < 4.78 is 58.7. The van der Waals surface area contributed by atoms with Crippen molar-refractivity contribution in [3.8, 4) is 23.5 Å². The normalized spacial score (nSPS) is 14.8. The maximum atomic E-state index is 13.2. The van der Waals surface area contributed by atoms with Crippen LogP contribution in [0.25, 0.3) is 11.1 Å². The Kier molecular flexibility index (Phi) is 32.0. The van der Waals surface area contributed by atoms with E-state index in [0.29, 0.717) is 82.9 Å². The summed E-state index contributed by atoms with van der Waals surface area (Å²) in [5.74, 6) is -0.0413. The fourth-order valence-electron chi connectivity index (χ4n) is 11.2. The van der Waals surface area contributed by atoms with Crippen molar-refractivity contribution in [3.63, 3.8) is 0 Å². The van der Waals surface area contributed by atoms with Gasteiger partial charge in [-0.1, -0.05) is 66.1 Å². The van der Waals surface area contributed by atoms with Crippen LogP contribution in [0.4, 0.5) is 18.9 Å². The van der Waals surface area contributed by atoms with E-state index in [9.17, 15) is 46.7 Å². The van der Waals surface area contributed by atoms with Gasteiger partial charge in [-0.15, -0.1) is 41.4 Å². The number of morpholine rings is 1. The molecule has 5 heterocycles. The van der Waals surface area contributed by atoms with Crippen LogP contribution < -0.4 is 32.1 Å². The molecule has 2 saturated heterocycles. The number of fused-ring (bicyclic) bond motifs is 1. The summed E-state index contributed by atoms with van der Waals surface area (Å²) in [6, 6.07) is 16.1. The predicted octanol–water partition coefficient (Wildman–Crippen LogP) is 10.1. The zero-order chi connectivity index (χ0) is 71.9. The third-order valence-electron chi connectivity index (χ3n) is 16.0. The second-order valence-corrected chi connectivity index (χ2v) is 27.1. The number of nitrogens with one attached hydrogen (secondary N) is 4. The second-order valence-electron chi connectivity index (χ2n) is 27.1. The van der Waals surface area contributed by atoms with Crippen LogP contribution in [0, 0.1) is 24.8 Å². The first kappa shape index (κ1) is 82.6. The topological polar surface area (TPSA) is 309 Å². The minimum absolute atomic E-state index is 0. The van der Waals surface area contributed by atoms with Gasteiger partial charge in [-0.05, 0) is 161 Å². The predicted molar refractivity (Wildman–Crippen MR) is 377 cm³/mol. The number of aryl methyl sites for hydroxylation is 2. The zero-order valence-electron chi connectivity index (χ0n) is 58.5. The van der Waals surface area contributed by atoms with Crippen LogP contribution in [0.3, 0.4) is 0 Å². The summed E-state index contributed by atoms with van der Waals surface area (Å²) in [6.07, 6.45) is 12.4. The molecule has 8 rings (SSSR count). The molecule has 3 aliphatic rings. The highest BCUT2D eigenvalue weighted by molar-refractivity contribution is 14.0. The fourth-order valence-corrected chi connectivity index (χ4v) is 11.2. The first-order valence-corrected chi connectivity index (χ1v) is 32.9. The van der Waals surface area contributed by atoms with Gasteiger partial charge in [0.25, 0.3) is 11.8 Å². The van der Waals surface area contributed by atoms with Crippen LogP contribution in [-0.2, 0) is 70.1 Å². The van der Waals surface area contributed by atoms with Crippen molar-refractivity contribution in [3.05, 3.63) is 129 Å². The average molecular weight is 1480 g/mol. The van der Waals surface area contributed by atoms with Crippen molar-refractivity contribution < 1.29 is 66.5 Å². The smallest absolute Gasteiger partial charge is 0.378 e. The highest BCUT2D eigenvalue weighted by Crippen LogP contribution is 2.38. The molecular weight excluding hydrogens is 1380 g/mol. The Morgan fingerprint density at radius 3 is 2.11 bits per heavy atom. The number of carbonyl (C=O) groups is 7. The number of hydrogen-bond donors (Lipinski definition) is 6. The van der Waals surface area contributed by atoms with Crippen molar-refractivity contribution in [1.29, 1.82) is 5.53 Å². The molecule has 22 nitrogen and oxygen atoms in total. The van der Waals surface area contributed by atoms with Gasteiger partial charge in [-0.25, -0.2) is 0 Å². The molecule has 1 atom stereocenters. The van der Waals surface area contributed by atoms with Crippen molar-refractivity contribution in [1.82, 2.24) is 40.8 Å². The number of hydrogen-bond acceptors (Lipinski definition) is 16. The third kappa shape index (κ3) is 25.2. The Labute approximate surface area is 590 Å². The molecule has 3 aromatic carbocycles. The standard InChI is InChI=1S/C32H33F3N2O3.C22H28N4O5.C18H34N4O2.HI.H2N2/c1-5-6-14-40-31(3,4)30-28(37-12-15-39-16-13-37)20-25(21-36-30)27-17-23(11-10-22(27)2)18-29(38)24-8-7-9-26(19-24)32(33,34)35;1-22(2,25-17(28)9-4-3-5-12-23)14-8-6-7-13-18(14)21(31)26(20(13)30)15-10-11-16(27)24-19(15)29;1-17(2,3)19-16(23)10-8-7-9-12-22-14-15(20-21-22)11-13-24-18(4,5)6;;1-2/h1,7-11,17,19-21H,6,12-16,18H2,2-4H3;6-8,15H,3-5,9-12,23H2,1-2H3,(H,25,28)(H,24,27,29);14H,7-13H2,1-6H3,(H,19,23);1H;1-2H/p+1. The third-order valence-corrected chi connectivity index (χ3v) is 16.0. The maximum absolute atomic E-state index is 13.2. The Bertz CT molecular complexity index is 3570. The van der Waals surface area contributed by atoms with Crippen LogP contribution in [-0.4, -0.2) is 129 Å². The molecule has 1 unspecified atom stereocenters. The molecule has 8 N–H and O–H groups in total. The van der Waals surface area contributed by atoms with Crippen molar-refractivity contribution in [2.75, 3.05) is 51.0 Å².